The Morgan fingerprint density at radius 1 is 1.06 bits per heavy atom. The average molecular weight is 696 g/mol. The maximum atomic E-state index is 13.5. The van der Waals surface area contributed by atoms with Crippen molar-refractivity contribution < 1.29 is 19.7 Å². The molecular formula is C39H49N7O5. The highest BCUT2D eigenvalue weighted by Crippen LogP contribution is 2.32. The summed E-state index contributed by atoms with van der Waals surface area (Å²) >= 11 is 0. The molecule has 1 aliphatic rings. The van der Waals surface area contributed by atoms with Crippen LogP contribution in [0.3, 0.4) is 0 Å². The molecule has 5 aromatic rings. The zero-order valence-electron chi connectivity index (χ0n) is 29.7. The molecule has 0 radical (unpaired) electrons. The number of pyridine rings is 2. The number of carbonyl (C=O) groups excluding carboxylic acids is 1. The molecule has 0 spiro atoms. The fourth-order valence-corrected chi connectivity index (χ4v) is 6.95. The van der Waals surface area contributed by atoms with E-state index in [1.165, 1.54) is 12.1 Å². The molecule has 270 valence electrons. The number of aryl methyl sites for hydroxylation is 2. The number of aromatic amines is 1. The summed E-state index contributed by atoms with van der Waals surface area (Å²) in [6.07, 6.45) is 6.39. The second-order valence-corrected chi connectivity index (χ2v) is 13.2. The summed E-state index contributed by atoms with van der Waals surface area (Å²) in [6, 6.07) is 14.0. The Morgan fingerprint density at radius 2 is 1.84 bits per heavy atom. The minimum atomic E-state index is -0.878. The first-order chi connectivity index (χ1) is 24.8. The van der Waals surface area contributed by atoms with Gasteiger partial charge in [-0.1, -0.05) is 44.9 Å². The summed E-state index contributed by atoms with van der Waals surface area (Å²) in [6.45, 7) is 9.02. The molecule has 12 heteroatoms. The third kappa shape index (κ3) is 8.08. The Kier molecular flexibility index (Phi) is 11.7. The number of hydrogen-bond acceptors (Lipinski definition) is 9. The van der Waals surface area contributed by atoms with Crippen molar-refractivity contribution >= 4 is 33.5 Å². The number of ether oxygens (including phenoxy) is 1. The minimum absolute atomic E-state index is 0.0452. The fourth-order valence-electron chi connectivity index (χ4n) is 6.95. The van der Waals surface area contributed by atoms with Gasteiger partial charge in [-0.25, -0.2) is 9.67 Å². The van der Waals surface area contributed by atoms with Crippen molar-refractivity contribution in [2.24, 2.45) is 0 Å². The van der Waals surface area contributed by atoms with E-state index < -0.39 is 6.10 Å². The summed E-state index contributed by atoms with van der Waals surface area (Å²) < 4.78 is 7.51. The number of fused-ring (bicyclic) bond motifs is 2. The number of nitrogens with one attached hydrogen (secondary N) is 4. The molecule has 0 bridgehead atoms. The van der Waals surface area contributed by atoms with Crippen molar-refractivity contribution in [2.75, 3.05) is 25.1 Å². The Hall–Kier alpha value is -4.78. The standard InChI is InChI=1S/C39H49N7O5/c1-4-7-8-32(40-23-34(48)27-13-15-33(47)37-28(27)14-16-35(49)45-37)24-9-11-25(12-10-24)39(50)41-21-29-31(5-2)44-38-30(22-42-46(38)6-3)36(29)43-26-17-19-51-20-18-26/h9-16,22,26,32,34,40,47-48H,4-8,17-21,23H2,1-3H3,(H,41,50)(H,43,44)(H,45,49). The highest BCUT2D eigenvalue weighted by Gasteiger charge is 2.23. The van der Waals surface area contributed by atoms with Gasteiger partial charge in [0.15, 0.2) is 5.65 Å². The second-order valence-electron chi connectivity index (χ2n) is 13.2. The van der Waals surface area contributed by atoms with Gasteiger partial charge in [0, 0.05) is 73.2 Å². The summed E-state index contributed by atoms with van der Waals surface area (Å²) in [5, 5.41) is 38.0. The van der Waals surface area contributed by atoms with Gasteiger partial charge in [0.05, 0.1) is 28.9 Å². The predicted molar refractivity (Wildman–Crippen MR) is 199 cm³/mol. The van der Waals surface area contributed by atoms with E-state index in [0.29, 0.717) is 28.6 Å². The van der Waals surface area contributed by atoms with Gasteiger partial charge in [-0.3, -0.25) is 9.59 Å². The van der Waals surface area contributed by atoms with Crippen LogP contribution in [-0.2, 0) is 24.2 Å². The molecule has 12 nitrogen and oxygen atoms in total. The number of benzene rings is 2. The zero-order chi connectivity index (χ0) is 35.9. The van der Waals surface area contributed by atoms with Gasteiger partial charge in [0.1, 0.15) is 5.75 Å². The average Bonchev–Trinajstić information content (AvgIpc) is 3.58. The van der Waals surface area contributed by atoms with Gasteiger partial charge < -0.3 is 35.9 Å². The second kappa shape index (κ2) is 16.5. The van der Waals surface area contributed by atoms with Crippen molar-refractivity contribution in [3.05, 3.63) is 93.0 Å². The van der Waals surface area contributed by atoms with Crippen LogP contribution in [0.5, 0.6) is 5.75 Å². The molecule has 1 saturated heterocycles. The molecule has 0 saturated carbocycles. The quantitative estimate of drug-likeness (QED) is 0.0813. The minimum Gasteiger partial charge on any atom is -0.506 e. The van der Waals surface area contributed by atoms with E-state index in [1.807, 2.05) is 35.1 Å². The molecule has 2 aromatic carbocycles. The van der Waals surface area contributed by atoms with Crippen LogP contribution in [0.1, 0.15) is 97.8 Å². The normalized spacial score (nSPS) is 14.9. The van der Waals surface area contributed by atoms with Gasteiger partial charge in [0.2, 0.25) is 5.56 Å². The van der Waals surface area contributed by atoms with Crippen LogP contribution < -0.4 is 21.5 Å². The molecule has 51 heavy (non-hydrogen) atoms. The van der Waals surface area contributed by atoms with Crippen LogP contribution in [0.25, 0.3) is 21.9 Å². The lowest BCUT2D eigenvalue weighted by Crippen LogP contribution is -2.30. The van der Waals surface area contributed by atoms with E-state index in [2.05, 4.69) is 46.8 Å². The van der Waals surface area contributed by atoms with Gasteiger partial charge >= 0.3 is 0 Å². The molecule has 1 amide bonds. The molecule has 6 rings (SSSR count). The van der Waals surface area contributed by atoms with E-state index in [0.717, 1.165) is 91.8 Å². The van der Waals surface area contributed by atoms with E-state index in [1.54, 1.807) is 12.1 Å². The number of aromatic nitrogens is 4. The number of nitrogens with zero attached hydrogens (tertiary/aromatic N) is 3. The molecule has 2 atom stereocenters. The lowest BCUT2D eigenvalue weighted by atomic mass is 9.98. The number of hydrogen-bond donors (Lipinski definition) is 6. The summed E-state index contributed by atoms with van der Waals surface area (Å²) in [5.41, 5.74) is 5.91. The molecule has 1 fully saturated rings. The highest BCUT2D eigenvalue weighted by molar-refractivity contribution is 5.95. The number of unbranched alkanes of at least 4 members (excludes halogenated alkanes) is 1. The highest BCUT2D eigenvalue weighted by atomic mass is 16.5. The first kappa shape index (κ1) is 36.0. The van der Waals surface area contributed by atoms with Crippen molar-refractivity contribution in [3.63, 3.8) is 0 Å². The lowest BCUT2D eigenvalue weighted by Gasteiger charge is -2.26. The Bertz CT molecular complexity index is 2020. The van der Waals surface area contributed by atoms with Crippen molar-refractivity contribution in [1.29, 1.82) is 0 Å². The first-order valence-electron chi connectivity index (χ1n) is 18.2. The molecule has 6 N–H and O–H groups in total. The van der Waals surface area contributed by atoms with Gasteiger partial charge in [-0.2, -0.15) is 5.10 Å². The Labute approximate surface area is 297 Å². The molecule has 3 aromatic heterocycles. The lowest BCUT2D eigenvalue weighted by molar-refractivity contribution is 0.0904. The number of aromatic hydroxyl groups is 1. The van der Waals surface area contributed by atoms with Crippen molar-refractivity contribution in [3.8, 4) is 5.75 Å². The number of H-pyrrole nitrogens is 1. The van der Waals surface area contributed by atoms with Crippen LogP contribution in [0.2, 0.25) is 0 Å². The van der Waals surface area contributed by atoms with Crippen LogP contribution in [0, 0.1) is 0 Å². The maximum Gasteiger partial charge on any atom is 0.251 e. The van der Waals surface area contributed by atoms with Gasteiger partial charge in [-0.05, 0) is 68.0 Å². The van der Waals surface area contributed by atoms with E-state index in [4.69, 9.17) is 9.72 Å². The first-order valence-corrected chi connectivity index (χ1v) is 18.2. The number of anilines is 1. The topological polar surface area (TPSA) is 166 Å². The number of carbonyl (C=O) groups is 1. The number of rotatable bonds is 15. The molecule has 2 unspecified atom stereocenters. The third-order valence-electron chi connectivity index (χ3n) is 9.85. The van der Waals surface area contributed by atoms with Crippen molar-refractivity contribution in [1.82, 2.24) is 30.4 Å². The van der Waals surface area contributed by atoms with Crippen LogP contribution in [-0.4, -0.2) is 61.7 Å². The van der Waals surface area contributed by atoms with E-state index in [-0.39, 0.29) is 35.8 Å². The third-order valence-corrected chi connectivity index (χ3v) is 9.85. The zero-order valence-corrected chi connectivity index (χ0v) is 29.7. The molecular weight excluding hydrogens is 646 g/mol. The van der Waals surface area contributed by atoms with E-state index in [9.17, 15) is 19.8 Å². The van der Waals surface area contributed by atoms with Crippen LogP contribution in [0.15, 0.2) is 59.5 Å². The summed E-state index contributed by atoms with van der Waals surface area (Å²) in [7, 11) is 0. The number of amides is 1. The van der Waals surface area contributed by atoms with Gasteiger partial charge in [-0.15, -0.1) is 0 Å². The SMILES string of the molecule is CCCCC(NCC(O)c1ccc(O)c2[nH]c(=O)ccc12)c1ccc(C(=O)NCc2c(CC)nc3c(cnn3CC)c2NC2CCOCC2)cc1. The predicted octanol–water partition coefficient (Wildman–Crippen LogP) is 5.64. The summed E-state index contributed by atoms with van der Waals surface area (Å²) in [4.78, 5) is 33.0. The van der Waals surface area contributed by atoms with Crippen LogP contribution in [0.4, 0.5) is 5.69 Å². The molecule has 0 aliphatic carbocycles. The Balaban J connectivity index is 1.16. The fraction of sp³-hybridized carbons (Fsp3) is 0.436. The maximum absolute atomic E-state index is 13.5. The molecule has 1 aliphatic heterocycles. The molecule has 4 heterocycles. The smallest absolute Gasteiger partial charge is 0.251 e. The van der Waals surface area contributed by atoms with E-state index >= 15 is 0 Å². The number of aliphatic hydroxyl groups excluding tert-OH is 1. The number of phenolic OH excluding ortho intramolecular Hbond substituents is 1. The monoisotopic (exact) mass is 695 g/mol. The number of phenols is 1. The summed E-state index contributed by atoms with van der Waals surface area (Å²) in [5.74, 6) is -0.216. The van der Waals surface area contributed by atoms with Gasteiger partial charge in [0.25, 0.3) is 5.91 Å². The Morgan fingerprint density at radius 3 is 2.57 bits per heavy atom. The van der Waals surface area contributed by atoms with Crippen LogP contribution >= 0.6 is 0 Å². The number of aliphatic hydroxyl groups is 1. The largest absolute Gasteiger partial charge is 0.506 e. The van der Waals surface area contributed by atoms with Crippen molar-refractivity contribution in [2.45, 2.75) is 90.6 Å².